The lowest BCUT2D eigenvalue weighted by Crippen LogP contribution is -2.37. The number of rotatable bonds is 1. The monoisotopic (exact) mass is 250 g/mol. The molecule has 0 spiro atoms. The number of nitrogens with one attached hydrogen (secondary N) is 1. The average molecular weight is 251 g/mol. The van der Waals surface area contributed by atoms with E-state index in [4.69, 9.17) is 23.6 Å². The molecule has 1 aromatic rings. The molecule has 1 fully saturated rings. The molecular formula is C7H8Cl2N4S. The third-order valence-electron chi connectivity index (χ3n) is 1.81. The number of nitrogens with zero attached hydrogens (tertiary/aromatic N) is 3. The molecule has 1 aliphatic heterocycles. The van der Waals surface area contributed by atoms with E-state index in [1.54, 1.807) is 5.01 Å². The van der Waals surface area contributed by atoms with Gasteiger partial charge in [0.2, 0.25) is 0 Å². The highest BCUT2D eigenvalue weighted by Crippen LogP contribution is 2.27. The van der Waals surface area contributed by atoms with Gasteiger partial charge < -0.3 is 0 Å². The largest absolute Gasteiger partial charge is 0.263 e. The number of thiol groups is 1. The van der Waals surface area contributed by atoms with Crippen LogP contribution in [0.2, 0.25) is 0 Å². The molecular weight excluding hydrogens is 243 g/mol. The van der Waals surface area contributed by atoms with Gasteiger partial charge in [0.25, 0.3) is 0 Å². The molecule has 1 unspecified atom stereocenters. The van der Waals surface area contributed by atoms with E-state index >= 15 is 0 Å². The molecule has 1 aliphatic rings. The molecule has 0 bridgehead atoms. The summed E-state index contributed by atoms with van der Waals surface area (Å²) in [5, 5.41) is 1.73. The van der Waals surface area contributed by atoms with Crippen LogP contribution < -0.4 is 10.5 Å². The second-order valence-corrected chi connectivity index (χ2v) is 3.83. The van der Waals surface area contributed by atoms with Crippen molar-refractivity contribution in [1.82, 2.24) is 14.7 Å². The fourth-order valence-corrected chi connectivity index (χ4v) is 1.78. The second kappa shape index (κ2) is 4.14. The van der Waals surface area contributed by atoms with Crippen molar-refractivity contribution in [1.29, 1.82) is 0 Å². The molecule has 0 saturated carbocycles. The first kappa shape index (κ1) is 10.4. The van der Waals surface area contributed by atoms with Crippen molar-refractivity contribution < 1.29 is 0 Å². The quantitative estimate of drug-likeness (QED) is 0.588. The molecule has 1 saturated heterocycles. The van der Waals surface area contributed by atoms with Crippen LogP contribution in [0.3, 0.4) is 0 Å². The van der Waals surface area contributed by atoms with Crippen LogP contribution in [-0.2, 0) is 0 Å². The van der Waals surface area contributed by atoms with E-state index in [-0.39, 0.29) is 5.50 Å². The first-order valence-electron chi connectivity index (χ1n) is 3.89. The molecule has 0 amide bonds. The number of para-hydroxylation sites is 1. The van der Waals surface area contributed by atoms with Gasteiger partial charge in [0.1, 0.15) is 0 Å². The Labute approximate surface area is 97.5 Å². The Hall–Kier alpha value is -0.170. The molecule has 14 heavy (non-hydrogen) atoms. The summed E-state index contributed by atoms with van der Waals surface area (Å²) >= 11 is 15.8. The fraction of sp³-hybridized carbons (Fsp3) is 0.143. The van der Waals surface area contributed by atoms with E-state index in [2.05, 4.69) is 18.2 Å². The number of anilines is 1. The van der Waals surface area contributed by atoms with Gasteiger partial charge in [0, 0.05) is 23.6 Å². The summed E-state index contributed by atoms with van der Waals surface area (Å²) < 4.78 is 2.36. The summed E-state index contributed by atoms with van der Waals surface area (Å²) in [5.41, 5.74) is 3.40. The number of hydrogen-bond donors (Lipinski definition) is 2. The van der Waals surface area contributed by atoms with Gasteiger partial charge in [-0.3, -0.25) is 5.01 Å². The van der Waals surface area contributed by atoms with Crippen LogP contribution in [0.1, 0.15) is 0 Å². The van der Waals surface area contributed by atoms with Crippen molar-refractivity contribution in [2.45, 2.75) is 5.50 Å². The maximum absolute atomic E-state index is 5.80. The summed E-state index contributed by atoms with van der Waals surface area (Å²) in [7, 11) is 0. The molecule has 0 aromatic heterocycles. The molecule has 1 heterocycles. The zero-order valence-electron chi connectivity index (χ0n) is 7.01. The molecule has 4 nitrogen and oxygen atoms in total. The number of hydrogen-bond acceptors (Lipinski definition) is 5. The maximum atomic E-state index is 5.80. The van der Waals surface area contributed by atoms with Gasteiger partial charge in [-0.25, -0.2) is 0 Å². The molecule has 1 aromatic carbocycles. The minimum absolute atomic E-state index is 0.350. The van der Waals surface area contributed by atoms with Crippen molar-refractivity contribution in [2.24, 2.45) is 0 Å². The zero-order valence-corrected chi connectivity index (χ0v) is 9.42. The highest BCUT2D eigenvalue weighted by molar-refractivity contribution is 7.81. The lowest BCUT2D eigenvalue weighted by atomic mass is 10.3. The van der Waals surface area contributed by atoms with Gasteiger partial charge in [0.15, 0.2) is 5.50 Å². The summed E-state index contributed by atoms with van der Waals surface area (Å²) in [6, 6.07) is 9.64. The van der Waals surface area contributed by atoms with Crippen molar-refractivity contribution in [3.8, 4) is 0 Å². The van der Waals surface area contributed by atoms with Crippen LogP contribution in [0.15, 0.2) is 30.3 Å². The lowest BCUT2D eigenvalue weighted by molar-refractivity contribution is 0.196. The maximum Gasteiger partial charge on any atom is 0.174 e. The first-order chi connectivity index (χ1) is 6.70. The smallest absolute Gasteiger partial charge is 0.174 e. The van der Waals surface area contributed by atoms with Crippen molar-refractivity contribution in [3.05, 3.63) is 30.3 Å². The van der Waals surface area contributed by atoms with E-state index in [0.717, 1.165) is 10.3 Å². The van der Waals surface area contributed by atoms with E-state index in [0.29, 0.717) is 0 Å². The molecule has 76 valence electrons. The summed E-state index contributed by atoms with van der Waals surface area (Å²) in [4.78, 5) is 0. The predicted molar refractivity (Wildman–Crippen MR) is 60.2 cm³/mol. The van der Waals surface area contributed by atoms with Crippen LogP contribution in [0.5, 0.6) is 0 Å². The number of halogens is 2. The first-order valence-corrected chi connectivity index (χ1v) is 5.09. The standard InChI is InChI=1S/C7H8Cl2N4S/c8-12-7(14)11(10-13(12)9)6-4-2-1-3-5-6/h1-5,7,10,14H. The Balaban J connectivity index is 2.21. The van der Waals surface area contributed by atoms with Gasteiger partial charge >= 0.3 is 0 Å². The Kier molecular flexibility index (Phi) is 3.06. The van der Waals surface area contributed by atoms with E-state index in [1.807, 2.05) is 30.3 Å². The van der Waals surface area contributed by atoms with Crippen LogP contribution in [0, 0.1) is 0 Å². The van der Waals surface area contributed by atoms with Crippen LogP contribution in [0.4, 0.5) is 5.69 Å². The lowest BCUT2D eigenvalue weighted by Gasteiger charge is -2.20. The Bertz CT molecular complexity index is 312. The summed E-state index contributed by atoms with van der Waals surface area (Å²) in [5.74, 6) is 0. The number of hydrazine groups is 3. The second-order valence-electron chi connectivity index (χ2n) is 2.70. The minimum atomic E-state index is -0.350. The normalized spacial score (nSPS) is 24.5. The third-order valence-corrected chi connectivity index (χ3v) is 3.05. The van der Waals surface area contributed by atoms with Gasteiger partial charge in [0.05, 0.1) is 5.69 Å². The molecule has 7 heteroatoms. The topological polar surface area (TPSA) is 21.8 Å². The molecule has 0 aliphatic carbocycles. The number of benzene rings is 1. The molecule has 0 radical (unpaired) electrons. The van der Waals surface area contributed by atoms with Gasteiger partial charge in [-0.05, 0) is 16.8 Å². The van der Waals surface area contributed by atoms with Crippen LogP contribution >= 0.6 is 36.2 Å². The highest BCUT2D eigenvalue weighted by atomic mass is 35.5. The SMILES string of the molecule is SC1N(c2ccccc2)NN(Cl)N1Cl. The van der Waals surface area contributed by atoms with Crippen molar-refractivity contribution in [2.75, 3.05) is 5.01 Å². The van der Waals surface area contributed by atoms with Crippen LogP contribution in [-0.4, -0.2) is 14.7 Å². The summed E-state index contributed by atoms with van der Waals surface area (Å²) in [6.07, 6.45) is 0. The molecule has 1 N–H and O–H groups in total. The molecule has 1 atom stereocenters. The fourth-order valence-electron chi connectivity index (χ4n) is 1.15. The Morgan fingerprint density at radius 1 is 1.21 bits per heavy atom. The summed E-state index contributed by atoms with van der Waals surface area (Å²) in [6.45, 7) is 0. The molecule has 2 rings (SSSR count). The average Bonchev–Trinajstić information content (AvgIpc) is 2.47. The highest BCUT2D eigenvalue weighted by Gasteiger charge is 2.34. The van der Waals surface area contributed by atoms with Gasteiger partial charge in [-0.15, -0.1) is 18.2 Å². The van der Waals surface area contributed by atoms with E-state index in [9.17, 15) is 0 Å². The van der Waals surface area contributed by atoms with E-state index < -0.39 is 0 Å². The van der Waals surface area contributed by atoms with Gasteiger partial charge in [-0.2, -0.15) is 0 Å². The zero-order chi connectivity index (χ0) is 10.1. The Morgan fingerprint density at radius 3 is 2.36 bits per heavy atom. The van der Waals surface area contributed by atoms with Crippen LogP contribution in [0.25, 0.3) is 0 Å². The predicted octanol–water partition coefficient (Wildman–Crippen LogP) is 1.97. The van der Waals surface area contributed by atoms with Gasteiger partial charge in [-0.1, -0.05) is 22.7 Å². The third kappa shape index (κ3) is 1.79. The van der Waals surface area contributed by atoms with Crippen molar-refractivity contribution >= 4 is 41.9 Å². The van der Waals surface area contributed by atoms with Crippen molar-refractivity contribution in [3.63, 3.8) is 0 Å². The minimum Gasteiger partial charge on any atom is -0.263 e. The Morgan fingerprint density at radius 2 is 1.86 bits per heavy atom. The van der Waals surface area contributed by atoms with E-state index in [1.165, 1.54) is 4.53 Å².